The number of anilines is 1. The molecular weight excluding hydrogens is 430 g/mol. The number of hydrogen-bond donors (Lipinski definition) is 2. The fourth-order valence-electron chi connectivity index (χ4n) is 4.28. The maximum absolute atomic E-state index is 13.0. The molecule has 3 aromatic carbocycles. The second kappa shape index (κ2) is 10.5. The van der Waals surface area contributed by atoms with Crippen molar-refractivity contribution in [1.82, 2.24) is 10.2 Å². The third kappa shape index (κ3) is 5.43. The van der Waals surface area contributed by atoms with Crippen LogP contribution >= 0.6 is 0 Å². The molecule has 0 bridgehead atoms. The van der Waals surface area contributed by atoms with Crippen molar-refractivity contribution in [3.63, 3.8) is 0 Å². The van der Waals surface area contributed by atoms with Crippen molar-refractivity contribution in [2.45, 2.75) is 19.4 Å². The third-order valence-electron chi connectivity index (χ3n) is 6.22. The number of ketones is 1. The first-order chi connectivity index (χ1) is 16.4. The first-order valence-corrected chi connectivity index (χ1v) is 11.5. The van der Waals surface area contributed by atoms with Crippen LogP contribution < -0.4 is 10.2 Å². The lowest BCUT2D eigenvalue weighted by atomic mass is 10.0. The van der Waals surface area contributed by atoms with Crippen molar-refractivity contribution >= 4 is 34.1 Å². The van der Waals surface area contributed by atoms with Gasteiger partial charge in [-0.3, -0.25) is 14.4 Å². The number of piperazine rings is 1. The minimum absolute atomic E-state index is 0.0275. The van der Waals surface area contributed by atoms with Crippen LogP contribution in [0.25, 0.3) is 10.8 Å². The molecule has 176 valence electrons. The van der Waals surface area contributed by atoms with Gasteiger partial charge >= 0.3 is 0 Å². The van der Waals surface area contributed by atoms with E-state index in [2.05, 4.69) is 10.2 Å². The van der Waals surface area contributed by atoms with Crippen molar-refractivity contribution in [2.24, 2.45) is 0 Å². The maximum Gasteiger partial charge on any atom is 0.247 e. The second-order valence-corrected chi connectivity index (χ2v) is 8.58. The van der Waals surface area contributed by atoms with Crippen molar-refractivity contribution < 1.29 is 19.5 Å². The van der Waals surface area contributed by atoms with Crippen LogP contribution in [-0.4, -0.2) is 66.4 Å². The van der Waals surface area contributed by atoms with Gasteiger partial charge in [0.25, 0.3) is 0 Å². The number of carbonyl (C=O) groups is 3. The molecule has 0 radical (unpaired) electrons. The van der Waals surface area contributed by atoms with Gasteiger partial charge in [0.05, 0.1) is 13.0 Å². The van der Waals surface area contributed by atoms with Crippen molar-refractivity contribution in [3.8, 4) is 0 Å². The Balaban J connectivity index is 1.31. The maximum atomic E-state index is 13.0. The first-order valence-electron chi connectivity index (χ1n) is 11.5. The molecule has 1 heterocycles. The summed E-state index contributed by atoms with van der Waals surface area (Å²) in [7, 11) is 0. The fourth-order valence-corrected chi connectivity index (χ4v) is 4.28. The van der Waals surface area contributed by atoms with Crippen LogP contribution in [0.5, 0.6) is 0 Å². The van der Waals surface area contributed by atoms with E-state index in [1.165, 1.54) is 6.92 Å². The predicted molar refractivity (Wildman–Crippen MR) is 132 cm³/mol. The summed E-state index contributed by atoms with van der Waals surface area (Å²) in [6.45, 7) is 3.34. The van der Waals surface area contributed by atoms with Crippen LogP contribution in [0.1, 0.15) is 22.8 Å². The third-order valence-corrected chi connectivity index (χ3v) is 6.22. The molecule has 34 heavy (non-hydrogen) atoms. The van der Waals surface area contributed by atoms with Crippen molar-refractivity contribution in [1.29, 1.82) is 0 Å². The van der Waals surface area contributed by atoms with Crippen LogP contribution in [0.4, 0.5) is 5.69 Å². The fraction of sp³-hybridized carbons (Fsp3) is 0.296. The Morgan fingerprint density at radius 3 is 2.24 bits per heavy atom. The summed E-state index contributed by atoms with van der Waals surface area (Å²) >= 11 is 0. The topological polar surface area (TPSA) is 90.0 Å². The number of nitrogens with one attached hydrogen (secondary N) is 1. The van der Waals surface area contributed by atoms with Gasteiger partial charge in [0.15, 0.2) is 5.78 Å². The molecule has 1 atom stereocenters. The normalized spacial score (nSPS) is 14.6. The van der Waals surface area contributed by atoms with Gasteiger partial charge in [0.1, 0.15) is 6.04 Å². The molecular formula is C27H29N3O4. The number of rotatable bonds is 7. The molecule has 7 heteroatoms. The highest BCUT2D eigenvalue weighted by Crippen LogP contribution is 2.19. The average molecular weight is 460 g/mol. The average Bonchev–Trinajstić information content (AvgIpc) is 2.87. The minimum Gasteiger partial charge on any atom is -0.394 e. The Kier molecular flexibility index (Phi) is 7.23. The molecule has 2 N–H and O–H groups in total. The lowest BCUT2D eigenvalue weighted by Gasteiger charge is -2.37. The SMILES string of the molecule is CC(=O)c1ccc(N2CCN(C(=O)C(CO)NC(=O)Cc3ccc4ccccc4c3)CC2)cc1. The van der Waals surface area contributed by atoms with Crippen LogP contribution in [0.15, 0.2) is 66.7 Å². The minimum atomic E-state index is -0.964. The number of aliphatic hydroxyl groups is 1. The quantitative estimate of drug-likeness (QED) is 0.530. The number of fused-ring (bicyclic) bond motifs is 1. The molecule has 0 aromatic heterocycles. The molecule has 1 fully saturated rings. The van der Waals surface area contributed by atoms with E-state index in [1.807, 2.05) is 66.7 Å². The van der Waals surface area contributed by atoms with Crippen molar-refractivity contribution in [2.75, 3.05) is 37.7 Å². The molecule has 1 aliphatic rings. The molecule has 0 spiro atoms. The first kappa shape index (κ1) is 23.4. The Hall–Kier alpha value is -3.71. The highest BCUT2D eigenvalue weighted by atomic mass is 16.3. The van der Waals surface area contributed by atoms with Gasteiger partial charge in [0, 0.05) is 37.4 Å². The summed E-state index contributed by atoms with van der Waals surface area (Å²) in [5.74, 6) is -0.549. The number of aliphatic hydroxyl groups excluding tert-OH is 1. The zero-order valence-electron chi connectivity index (χ0n) is 19.2. The zero-order valence-corrected chi connectivity index (χ0v) is 19.2. The monoisotopic (exact) mass is 459 g/mol. The van der Waals surface area contributed by atoms with E-state index in [1.54, 1.807) is 4.90 Å². The van der Waals surface area contributed by atoms with E-state index in [0.29, 0.717) is 31.7 Å². The number of Topliss-reactive ketones (excluding diaryl/α,β-unsaturated/α-hetero) is 1. The Bertz CT molecular complexity index is 1180. The van der Waals surface area contributed by atoms with Crippen LogP contribution in [0, 0.1) is 0 Å². The highest BCUT2D eigenvalue weighted by Gasteiger charge is 2.28. The summed E-state index contributed by atoms with van der Waals surface area (Å²) < 4.78 is 0. The van der Waals surface area contributed by atoms with E-state index in [0.717, 1.165) is 22.0 Å². The number of nitrogens with zero attached hydrogens (tertiary/aromatic N) is 2. The second-order valence-electron chi connectivity index (χ2n) is 8.58. The van der Waals surface area contributed by atoms with Gasteiger partial charge in [-0.2, -0.15) is 0 Å². The largest absolute Gasteiger partial charge is 0.394 e. The number of amides is 2. The van der Waals surface area contributed by atoms with Crippen LogP contribution in [0.3, 0.4) is 0 Å². The van der Waals surface area contributed by atoms with Gasteiger partial charge in [0.2, 0.25) is 11.8 Å². The molecule has 1 saturated heterocycles. The van der Waals surface area contributed by atoms with Gasteiger partial charge in [-0.05, 0) is 47.5 Å². The standard InChI is InChI=1S/C27H29N3O4/c1-19(32)21-8-10-24(11-9-21)29-12-14-30(15-13-29)27(34)25(18-31)28-26(33)17-20-6-7-22-4-2-3-5-23(22)16-20/h2-11,16,25,31H,12-15,17-18H2,1H3,(H,28,33). The molecule has 3 aromatic rings. The van der Waals surface area contributed by atoms with Gasteiger partial charge in [-0.25, -0.2) is 0 Å². The lowest BCUT2D eigenvalue weighted by Crippen LogP contribution is -2.56. The Morgan fingerprint density at radius 1 is 0.912 bits per heavy atom. The van der Waals surface area contributed by atoms with Gasteiger partial charge < -0.3 is 20.2 Å². The lowest BCUT2D eigenvalue weighted by molar-refractivity contribution is -0.137. The molecule has 1 unspecified atom stereocenters. The van der Waals surface area contributed by atoms with E-state index in [9.17, 15) is 19.5 Å². The van der Waals surface area contributed by atoms with Gasteiger partial charge in [-0.15, -0.1) is 0 Å². The number of benzene rings is 3. The molecule has 2 amide bonds. The zero-order chi connectivity index (χ0) is 24.1. The van der Waals surface area contributed by atoms with Gasteiger partial charge in [-0.1, -0.05) is 42.5 Å². The molecule has 7 nitrogen and oxygen atoms in total. The van der Waals surface area contributed by atoms with E-state index >= 15 is 0 Å². The predicted octanol–water partition coefficient (Wildman–Crippen LogP) is 2.41. The molecule has 4 rings (SSSR count). The molecule has 0 saturated carbocycles. The van der Waals surface area contributed by atoms with Crippen LogP contribution in [-0.2, 0) is 16.0 Å². The molecule has 0 aliphatic carbocycles. The van der Waals surface area contributed by atoms with Crippen molar-refractivity contribution in [3.05, 3.63) is 77.9 Å². The molecule has 1 aliphatic heterocycles. The Labute approximate surface area is 199 Å². The summed E-state index contributed by atoms with van der Waals surface area (Å²) in [4.78, 5) is 40.8. The smallest absolute Gasteiger partial charge is 0.247 e. The van der Waals surface area contributed by atoms with E-state index in [4.69, 9.17) is 0 Å². The van der Waals surface area contributed by atoms with E-state index in [-0.39, 0.29) is 24.0 Å². The van der Waals surface area contributed by atoms with E-state index < -0.39 is 12.6 Å². The summed E-state index contributed by atoms with van der Waals surface area (Å²) in [5, 5.41) is 14.6. The number of hydrogen-bond acceptors (Lipinski definition) is 5. The number of carbonyl (C=O) groups excluding carboxylic acids is 3. The highest BCUT2D eigenvalue weighted by molar-refractivity contribution is 5.94. The van der Waals surface area contributed by atoms with Crippen LogP contribution in [0.2, 0.25) is 0 Å². The Morgan fingerprint density at radius 2 is 1.59 bits per heavy atom. The summed E-state index contributed by atoms with van der Waals surface area (Å²) in [6.07, 6.45) is 0.138. The summed E-state index contributed by atoms with van der Waals surface area (Å²) in [5.41, 5.74) is 2.52. The summed E-state index contributed by atoms with van der Waals surface area (Å²) in [6, 6.07) is 20.2.